The van der Waals surface area contributed by atoms with E-state index in [4.69, 9.17) is 27.9 Å². The molecule has 0 bridgehead atoms. The maximum atomic E-state index is 13.8. The molecule has 0 spiro atoms. The molecule has 1 N–H and O–H groups in total. The number of likely N-dealkylation sites (tertiary alicyclic amines) is 1. The van der Waals surface area contributed by atoms with Gasteiger partial charge in [-0.3, -0.25) is 9.52 Å². The molecule has 0 atom stereocenters. The normalized spacial score (nSPS) is 14.5. The van der Waals surface area contributed by atoms with Crippen molar-refractivity contribution in [3.63, 3.8) is 0 Å². The maximum absolute atomic E-state index is 13.8. The molecule has 0 aromatic heterocycles. The summed E-state index contributed by atoms with van der Waals surface area (Å²) in [4.78, 5) is 17.9. The number of para-hydroxylation sites is 1. The van der Waals surface area contributed by atoms with Crippen LogP contribution in [-0.2, 0) is 10.0 Å². The first-order valence-electron chi connectivity index (χ1n) is 13.5. The van der Waals surface area contributed by atoms with Gasteiger partial charge in [0.05, 0.1) is 21.2 Å². The molecule has 0 unspecified atom stereocenters. The number of hydrogen-bond donors (Lipinski definition) is 1. The highest BCUT2D eigenvalue weighted by molar-refractivity contribution is 7.92. The molecule has 40 heavy (non-hydrogen) atoms. The Hall–Kier alpha value is -2.78. The Bertz CT molecular complexity index is 1410. The fourth-order valence-electron chi connectivity index (χ4n) is 4.69. The molecule has 4 rings (SSSR count). The Morgan fingerprint density at radius 2 is 1.65 bits per heavy atom. The van der Waals surface area contributed by atoms with Crippen molar-refractivity contribution in [2.24, 2.45) is 0 Å². The summed E-state index contributed by atoms with van der Waals surface area (Å²) in [6.07, 6.45) is 4.82. The summed E-state index contributed by atoms with van der Waals surface area (Å²) in [5.41, 5.74) is 0.380. The van der Waals surface area contributed by atoms with Crippen molar-refractivity contribution in [3.05, 3.63) is 82.3 Å². The molecule has 1 aliphatic heterocycles. The minimum Gasteiger partial charge on any atom is -0.456 e. The minimum atomic E-state index is -4.01. The number of hydrogen-bond acceptors (Lipinski definition) is 5. The fraction of sp³-hybridized carbons (Fsp3) is 0.367. The lowest BCUT2D eigenvalue weighted by molar-refractivity contribution is 0.0683. The third-order valence-corrected chi connectivity index (χ3v) is 8.82. The molecule has 1 amide bonds. The van der Waals surface area contributed by atoms with Gasteiger partial charge in [-0.25, -0.2) is 8.42 Å². The lowest BCUT2D eigenvalue weighted by atomic mass is 10.1. The number of nitrogens with zero attached hydrogens (tertiary/aromatic N) is 2. The van der Waals surface area contributed by atoms with Gasteiger partial charge in [0.1, 0.15) is 11.5 Å². The number of sulfonamides is 1. The Morgan fingerprint density at radius 1 is 0.975 bits per heavy atom. The van der Waals surface area contributed by atoms with Gasteiger partial charge in [0.25, 0.3) is 15.9 Å². The summed E-state index contributed by atoms with van der Waals surface area (Å²) in [7, 11) is -4.01. The average molecular weight is 605 g/mol. The molecule has 0 saturated carbocycles. The van der Waals surface area contributed by atoms with Crippen molar-refractivity contribution in [2.45, 2.75) is 50.5 Å². The van der Waals surface area contributed by atoms with Crippen molar-refractivity contribution >= 4 is 44.8 Å². The zero-order chi connectivity index (χ0) is 28.7. The van der Waals surface area contributed by atoms with Crippen LogP contribution in [0.2, 0.25) is 10.0 Å². The first kappa shape index (κ1) is 30.2. The van der Waals surface area contributed by atoms with E-state index in [0.717, 1.165) is 19.6 Å². The number of carbonyl (C=O) groups is 1. The number of nitrogens with one attached hydrogen (secondary N) is 1. The van der Waals surface area contributed by atoms with Crippen molar-refractivity contribution in [1.82, 2.24) is 9.80 Å². The van der Waals surface area contributed by atoms with Gasteiger partial charge in [-0.15, -0.1) is 0 Å². The van der Waals surface area contributed by atoms with Crippen LogP contribution in [0.4, 0.5) is 5.69 Å². The van der Waals surface area contributed by atoms with E-state index < -0.39 is 10.0 Å². The predicted octanol–water partition coefficient (Wildman–Crippen LogP) is 7.31. The first-order chi connectivity index (χ1) is 19.1. The van der Waals surface area contributed by atoms with Crippen LogP contribution in [-0.4, -0.2) is 56.3 Å². The third-order valence-electron chi connectivity index (χ3n) is 6.89. The van der Waals surface area contributed by atoms with Crippen molar-refractivity contribution in [3.8, 4) is 11.5 Å². The SMILES string of the molecule is CC(C)N(CCN1CCCCCC1)C(=O)c1cc(Cl)ccc1NS(=O)(=O)c1ccc(Oc2ccccc2Cl)cc1. The molecule has 0 aliphatic carbocycles. The number of halogens is 2. The second-order valence-electron chi connectivity index (χ2n) is 10.1. The van der Waals surface area contributed by atoms with Gasteiger partial charge in [0.2, 0.25) is 0 Å². The topological polar surface area (TPSA) is 79.0 Å². The standard InChI is InChI=1S/C30H35Cl2N3O4S/c1-22(2)35(20-19-34-17-7-3-4-8-18-34)30(36)26-21-23(31)11-16-28(26)33-40(37,38)25-14-12-24(13-15-25)39-29-10-6-5-9-27(29)32/h5-6,9-16,21-22,33H,3-4,7-8,17-20H2,1-2H3. The fourth-order valence-corrected chi connectivity index (χ4v) is 6.11. The molecular weight excluding hydrogens is 569 g/mol. The van der Waals surface area contributed by atoms with E-state index in [-0.39, 0.29) is 28.1 Å². The second-order valence-corrected chi connectivity index (χ2v) is 12.7. The summed E-state index contributed by atoms with van der Waals surface area (Å²) in [6, 6.07) is 17.5. The molecule has 3 aromatic rings. The van der Waals surface area contributed by atoms with Crippen molar-refractivity contribution in [2.75, 3.05) is 30.9 Å². The van der Waals surface area contributed by atoms with Crippen LogP contribution in [0, 0.1) is 0 Å². The van der Waals surface area contributed by atoms with Crippen LogP contribution in [0.15, 0.2) is 71.6 Å². The first-order valence-corrected chi connectivity index (χ1v) is 15.8. The molecule has 1 saturated heterocycles. The van der Waals surface area contributed by atoms with E-state index in [1.807, 2.05) is 13.8 Å². The summed E-state index contributed by atoms with van der Waals surface area (Å²) in [5.74, 6) is 0.632. The zero-order valence-electron chi connectivity index (χ0n) is 22.8. The second kappa shape index (κ2) is 13.7. The zero-order valence-corrected chi connectivity index (χ0v) is 25.1. The number of rotatable bonds is 10. The largest absolute Gasteiger partial charge is 0.456 e. The summed E-state index contributed by atoms with van der Waals surface area (Å²) in [6.45, 7) is 7.30. The Balaban J connectivity index is 1.51. The lowest BCUT2D eigenvalue weighted by Crippen LogP contribution is -2.43. The van der Waals surface area contributed by atoms with Gasteiger partial charge < -0.3 is 14.5 Å². The number of carbonyl (C=O) groups excluding carboxylic acids is 1. The third kappa shape index (κ3) is 7.91. The number of benzene rings is 3. The van der Waals surface area contributed by atoms with E-state index in [2.05, 4.69) is 9.62 Å². The minimum absolute atomic E-state index is 0.0224. The maximum Gasteiger partial charge on any atom is 0.261 e. The molecule has 0 radical (unpaired) electrons. The van der Waals surface area contributed by atoms with E-state index in [1.165, 1.54) is 49.9 Å². The van der Waals surface area contributed by atoms with E-state index >= 15 is 0 Å². The van der Waals surface area contributed by atoms with E-state index in [0.29, 0.717) is 28.1 Å². The van der Waals surface area contributed by atoms with Crippen molar-refractivity contribution in [1.29, 1.82) is 0 Å². The van der Waals surface area contributed by atoms with Gasteiger partial charge in [0, 0.05) is 24.2 Å². The monoisotopic (exact) mass is 603 g/mol. The quantitative estimate of drug-likeness (QED) is 0.263. The molecule has 1 heterocycles. The Kier molecular flexibility index (Phi) is 10.4. The summed E-state index contributed by atoms with van der Waals surface area (Å²) in [5, 5.41) is 0.797. The number of anilines is 1. The summed E-state index contributed by atoms with van der Waals surface area (Å²) >= 11 is 12.4. The van der Waals surface area contributed by atoms with Crippen LogP contribution in [0.1, 0.15) is 49.9 Å². The molecule has 1 aliphatic rings. The van der Waals surface area contributed by atoms with E-state index in [9.17, 15) is 13.2 Å². The highest BCUT2D eigenvalue weighted by Gasteiger charge is 2.25. The average Bonchev–Trinajstić information content (AvgIpc) is 3.20. The smallest absolute Gasteiger partial charge is 0.261 e. The van der Waals surface area contributed by atoms with Gasteiger partial charge >= 0.3 is 0 Å². The Morgan fingerprint density at radius 3 is 2.30 bits per heavy atom. The van der Waals surface area contributed by atoms with Crippen LogP contribution in [0.3, 0.4) is 0 Å². The van der Waals surface area contributed by atoms with Crippen LogP contribution in [0.25, 0.3) is 0 Å². The van der Waals surface area contributed by atoms with Crippen LogP contribution < -0.4 is 9.46 Å². The number of amides is 1. The highest BCUT2D eigenvalue weighted by atomic mass is 35.5. The summed E-state index contributed by atoms with van der Waals surface area (Å²) < 4.78 is 35.0. The molecule has 7 nitrogen and oxygen atoms in total. The lowest BCUT2D eigenvalue weighted by Gasteiger charge is -2.30. The molecular formula is C30H35Cl2N3O4S. The van der Waals surface area contributed by atoms with E-state index in [1.54, 1.807) is 47.4 Å². The van der Waals surface area contributed by atoms with Gasteiger partial charge in [-0.1, -0.05) is 48.2 Å². The molecule has 1 fully saturated rings. The highest BCUT2D eigenvalue weighted by Crippen LogP contribution is 2.30. The van der Waals surface area contributed by atoms with Gasteiger partial charge in [-0.2, -0.15) is 0 Å². The van der Waals surface area contributed by atoms with Gasteiger partial charge in [0.15, 0.2) is 0 Å². The molecule has 10 heteroatoms. The van der Waals surface area contributed by atoms with Gasteiger partial charge in [-0.05, 0) is 94.4 Å². The van der Waals surface area contributed by atoms with Crippen LogP contribution >= 0.6 is 23.2 Å². The Labute approximate surface area is 247 Å². The van der Waals surface area contributed by atoms with Crippen molar-refractivity contribution < 1.29 is 17.9 Å². The number of ether oxygens (including phenoxy) is 1. The van der Waals surface area contributed by atoms with Crippen LogP contribution in [0.5, 0.6) is 11.5 Å². The molecule has 214 valence electrons. The predicted molar refractivity (Wildman–Crippen MR) is 161 cm³/mol. The molecule has 3 aromatic carbocycles.